The van der Waals surface area contributed by atoms with Gasteiger partial charge in [-0.3, -0.25) is 4.90 Å². The topological polar surface area (TPSA) is 39.8 Å². The first kappa shape index (κ1) is 20.4. The summed E-state index contributed by atoms with van der Waals surface area (Å²) in [4.78, 5) is 4.97. The largest absolute Gasteiger partial charge is 0.497 e. The molecule has 3 rings (SSSR count). The second-order valence-electron chi connectivity index (χ2n) is 7.13. The van der Waals surface area contributed by atoms with Crippen LogP contribution in [0.15, 0.2) is 48.5 Å². The van der Waals surface area contributed by atoms with Crippen LogP contribution in [-0.2, 0) is 0 Å². The van der Waals surface area contributed by atoms with Crippen LogP contribution in [0, 0.1) is 6.92 Å². The summed E-state index contributed by atoms with van der Waals surface area (Å²) in [6, 6.07) is 16.6. The fourth-order valence-electron chi connectivity index (χ4n) is 3.34. The zero-order valence-electron chi connectivity index (χ0n) is 16.8. The van der Waals surface area contributed by atoms with Gasteiger partial charge in [-0.05, 0) is 68.5 Å². The highest BCUT2D eigenvalue weighted by molar-refractivity contribution is 7.80. The van der Waals surface area contributed by atoms with Crippen LogP contribution < -0.4 is 20.3 Å². The fraction of sp³-hybridized carbons (Fsp3) is 0.409. The van der Waals surface area contributed by atoms with Gasteiger partial charge in [-0.1, -0.05) is 17.7 Å². The molecule has 1 fully saturated rings. The molecule has 2 aromatic rings. The number of hydrogen-bond acceptors (Lipinski definition) is 4. The molecule has 28 heavy (non-hydrogen) atoms. The second-order valence-corrected chi connectivity index (χ2v) is 7.54. The highest BCUT2D eigenvalue weighted by Crippen LogP contribution is 2.20. The van der Waals surface area contributed by atoms with Crippen LogP contribution in [0.4, 0.5) is 11.4 Å². The molecule has 2 aromatic carbocycles. The van der Waals surface area contributed by atoms with Gasteiger partial charge in [0.05, 0.1) is 7.11 Å². The number of nitrogens with one attached hydrogen (secondary N) is 2. The van der Waals surface area contributed by atoms with E-state index in [4.69, 9.17) is 17.0 Å². The van der Waals surface area contributed by atoms with E-state index in [1.807, 2.05) is 24.3 Å². The minimum atomic E-state index is 0.688. The summed E-state index contributed by atoms with van der Waals surface area (Å²) in [7, 11) is 1.70. The number of aryl methyl sites for hydroxylation is 1. The molecule has 150 valence electrons. The number of thiocarbonyl (C=S) groups is 1. The van der Waals surface area contributed by atoms with Gasteiger partial charge in [0.15, 0.2) is 5.11 Å². The van der Waals surface area contributed by atoms with E-state index in [9.17, 15) is 0 Å². The van der Waals surface area contributed by atoms with Gasteiger partial charge in [0.1, 0.15) is 5.75 Å². The summed E-state index contributed by atoms with van der Waals surface area (Å²) >= 11 is 5.37. The maximum Gasteiger partial charge on any atom is 0.170 e. The molecule has 0 unspecified atom stereocenters. The van der Waals surface area contributed by atoms with Crippen LogP contribution in [0.1, 0.15) is 12.0 Å². The second kappa shape index (κ2) is 10.3. The molecule has 1 saturated heterocycles. The third kappa shape index (κ3) is 6.11. The molecule has 1 aliphatic rings. The molecule has 6 heteroatoms. The Kier molecular flexibility index (Phi) is 7.51. The smallest absolute Gasteiger partial charge is 0.170 e. The lowest BCUT2D eigenvalue weighted by Gasteiger charge is -2.36. The molecule has 0 radical (unpaired) electrons. The van der Waals surface area contributed by atoms with Gasteiger partial charge < -0.3 is 20.3 Å². The number of piperazine rings is 1. The highest BCUT2D eigenvalue weighted by atomic mass is 32.1. The number of anilines is 2. The maximum atomic E-state index is 5.37. The van der Waals surface area contributed by atoms with Crippen molar-refractivity contribution in [2.24, 2.45) is 0 Å². The van der Waals surface area contributed by atoms with Crippen LogP contribution in [0.2, 0.25) is 0 Å². The lowest BCUT2D eigenvalue weighted by molar-refractivity contribution is 0.255. The molecule has 0 saturated carbocycles. The van der Waals surface area contributed by atoms with E-state index in [1.165, 1.54) is 11.3 Å². The van der Waals surface area contributed by atoms with Crippen molar-refractivity contribution >= 4 is 28.7 Å². The third-order valence-corrected chi connectivity index (χ3v) is 5.30. The molecule has 0 atom stereocenters. The Morgan fingerprint density at radius 2 is 1.68 bits per heavy atom. The summed E-state index contributed by atoms with van der Waals surface area (Å²) in [5.74, 6) is 0.907. The van der Waals surface area contributed by atoms with Crippen LogP contribution in [0.3, 0.4) is 0 Å². The maximum absolute atomic E-state index is 5.37. The first-order valence-electron chi connectivity index (χ1n) is 9.87. The van der Waals surface area contributed by atoms with Crippen molar-refractivity contribution in [1.82, 2.24) is 10.2 Å². The molecule has 1 aliphatic heterocycles. The van der Waals surface area contributed by atoms with Crippen LogP contribution in [0.25, 0.3) is 0 Å². The Morgan fingerprint density at radius 3 is 2.32 bits per heavy atom. The molecular weight excluding hydrogens is 368 g/mol. The zero-order chi connectivity index (χ0) is 19.8. The number of nitrogens with zero attached hydrogens (tertiary/aromatic N) is 2. The summed E-state index contributed by atoms with van der Waals surface area (Å²) < 4.78 is 5.24. The average molecular weight is 399 g/mol. The number of methoxy groups -OCH3 is 1. The Balaban J connectivity index is 1.31. The zero-order valence-corrected chi connectivity index (χ0v) is 17.6. The number of ether oxygens (including phenoxy) is 1. The van der Waals surface area contributed by atoms with E-state index in [0.29, 0.717) is 5.11 Å². The van der Waals surface area contributed by atoms with Crippen LogP contribution in [-0.4, -0.2) is 56.4 Å². The van der Waals surface area contributed by atoms with Crippen molar-refractivity contribution in [2.45, 2.75) is 13.3 Å². The van der Waals surface area contributed by atoms with Crippen molar-refractivity contribution in [1.29, 1.82) is 0 Å². The van der Waals surface area contributed by atoms with Gasteiger partial charge in [0.2, 0.25) is 0 Å². The summed E-state index contributed by atoms with van der Waals surface area (Å²) in [5, 5.41) is 7.22. The van der Waals surface area contributed by atoms with Crippen molar-refractivity contribution in [3.63, 3.8) is 0 Å². The SMILES string of the molecule is COc1ccc(N2CCN(CCCNC(=S)Nc3ccc(C)cc3)CC2)cc1. The number of rotatable bonds is 7. The number of benzene rings is 2. The highest BCUT2D eigenvalue weighted by Gasteiger charge is 2.16. The Morgan fingerprint density at radius 1 is 1.00 bits per heavy atom. The van der Waals surface area contributed by atoms with Crippen molar-refractivity contribution in [3.05, 3.63) is 54.1 Å². The molecule has 2 N–H and O–H groups in total. The van der Waals surface area contributed by atoms with Gasteiger partial charge in [0.25, 0.3) is 0 Å². The Labute approximate surface area is 173 Å². The summed E-state index contributed by atoms with van der Waals surface area (Å²) in [6.07, 6.45) is 1.08. The van der Waals surface area contributed by atoms with Gasteiger partial charge in [-0.15, -0.1) is 0 Å². The first-order chi connectivity index (χ1) is 13.6. The predicted molar refractivity (Wildman–Crippen MR) is 122 cm³/mol. The van der Waals surface area contributed by atoms with E-state index >= 15 is 0 Å². The van der Waals surface area contributed by atoms with E-state index in [2.05, 4.69) is 51.6 Å². The summed E-state index contributed by atoms with van der Waals surface area (Å²) in [5.41, 5.74) is 3.55. The standard InChI is InChI=1S/C22H30N4OS/c1-18-4-6-19(7-5-18)24-22(28)23-12-3-13-25-14-16-26(17-15-25)20-8-10-21(27-2)11-9-20/h4-11H,3,12-17H2,1-2H3,(H2,23,24,28). The lowest BCUT2D eigenvalue weighted by atomic mass is 10.2. The molecule has 0 spiro atoms. The monoisotopic (exact) mass is 398 g/mol. The molecule has 0 aliphatic carbocycles. The molecule has 0 amide bonds. The van der Waals surface area contributed by atoms with Gasteiger partial charge in [0, 0.05) is 44.1 Å². The average Bonchev–Trinajstić information content (AvgIpc) is 2.73. The molecular formula is C22H30N4OS. The Hall–Kier alpha value is -2.31. The van der Waals surface area contributed by atoms with Crippen molar-refractivity contribution in [3.8, 4) is 5.75 Å². The van der Waals surface area contributed by atoms with Gasteiger partial charge in [-0.25, -0.2) is 0 Å². The van der Waals surface area contributed by atoms with Crippen molar-refractivity contribution in [2.75, 3.05) is 56.6 Å². The van der Waals surface area contributed by atoms with Crippen LogP contribution >= 0.6 is 12.2 Å². The van der Waals surface area contributed by atoms with E-state index in [-0.39, 0.29) is 0 Å². The van der Waals surface area contributed by atoms with E-state index < -0.39 is 0 Å². The minimum absolute atomic E-state index is 0.688. The lowest BCUT2D eigenvalue weighted by Crippen LogP contribution is -2.47. The van der Waals surface area contributed by atoms with Gasteiger partial charge >= 0.3 is 0 Å². The van der Waals surface area contributed by atoms with Crippen molar-refractivity contribution < 1.29 is 4.74 Å². The fourth-order valence-corrected chi connectivity index (χ4v) is 3.56. The Bertz CT molecular complexity index is 740. The molecule has 0 bridgehead atoms. The van der Waals surface area contributed by atoms with E-state index in [1.54, 1.807) is 7.11 Å². The minimum Gasteiger partial charge on any atom is -0.497 e. The third-order valence-electron chi connectivity index (χ3n) is 5.06. The van der Waals surface area contributed by atoms with Crippen LogP contribution in [0.5, 0.6) is 5.75 Å². The van der Waals surface area contributed by atoms with E-state index in [0.717, 1.165) is 57.1 Å². The quantitative estimate of drug-likeness (QED) is 0.549. The normalized spacial score (nSPS) is 14.6. The molecule has 5 nitrogen and oxygen atoms in total. The molecule has 0 aromatic heterocycles. The molecule has 1 heterocycles. The van der Waals surface area contributed by atoms with Gasteiger partial charge in [-0.2, -0.15) is 0 Å². The first-order valence-corrected chi connectivity index (χ1v) is 10.3. The number of hydrogen-bond donors (Lipinski definition) is 2. The summed E-state index contributed by atoms with van der Waals surface area (Å²) in [6.45, 7) is 8.38. The predicted octanol–water partition coefficient (Wildman–Crippen LogP) is 3.50.